The Bertz CT molecular complexity index is 603. The molecule has 5 nitrogen and oxygen atoms in total. The summed E-state index contributed by atoms with van der Waals surface area (Å²) in [4.78, 5) is 4.21. The first-order valence-corrected chi connectivity index (χ1v) is 7.42. The summed E-state index contributed by atoms with van der Waals surface area (Å²) in [6.45, 7) is 0.733. The Balaban J connectivity index is 0.00000242. The molecule has 0 saturated carbocycles. The second kappa shape index (κ2) is 9.52. The molecule has 0 aliphatic rings. The van der Waals surface area contributed by atoms with Gasteiger partial charge in [0.15, 0.2) is 17.5 Å². The number of nitrogens with zero attached hydrogens (tertiary/aromatic N) is 1. The van der Waals surface area contributed by atoms with Gasteiger partial charge < -0.3 is 20.1 Å². The summed E-state index contributed by atoms with van der Waals surface area (Å²) in [6.07, 6.45) is 0. The minimum atomic E-state index is 0. The Morgan fingerprint density at radius 3 is 2.55 bits per heavy atom. The van der Waals surface area contributed by atoms with E-state index in [0.29, 0.717) is 17.5 Å². The summed E-state index contributed by atoms with van der Waals surface area (Å²) >= 11 is 1.68. The average molecular weight is 433 g/mol. The van der Waals surface area contributed by atoms with Gasteiger partial charge >= 0.3 is 0 Å². The number of guanidine groups is 1. The molecule has 2 aromatic rings. The van der Waals surface area contributed by atoms with Gasteiger partial charge in [-0.1, -0.05) is 0 Å². The zero-order valence-electron chi connectivity index (χ0n) is 12.8. The van der Waals surface area contributed by atoms with Crippen LogP contribution in [0, 0.1) is 0 Å². The van der Waals surface area contributed by atoms with Crippen LogP contribution in [0.1, 0.15) is 5.56 Å². The molecule has 0 aliphatic carbocycles. The zero-order valence-corrected chi connectivity index (χ0v) is 15.9. The highest BCUT2D eigenvalue weighted by atomic mass is 127. The van der Waals surface area contributed by atoms with E-state index < -0.39 is 0 Å². The van der Waals surface area contributed by atoms with Gasteiger partial charge in [0.25, 0.3) is 0 Å². The third-order valence-electron chi connectivity index (χ3n) is 2.91. The number of methoxy groups -OCH3 is 2. The van der Waals surface area contributed by atoms with Crippen molar-refractivity contribution >= 4 is 47.0 Å². The maximum absolute atomic E-state index is 5.29. The molecule has 22 heavy (non-hydrogen) atoms. The predicted octanol–water partition coefficient (Wildman–Crippen LogP) is 3.57. The largest absolute Gasteiger partial charge is 0.493 e. The van der Waals surface area contributed by atoms with Crippen molar-refractivity contribution in [1.82, 2.24) is 5.32 Å². The van der Waals surface area contributed by atoms with Gasteiger partial charge in [-0.2, -0.15) is 11.3 Å². The van der Waals surface area contributed by atoms with E-state index in [0.717, 1.165) is 12.2 Å². The molecule has 0 amide bonds. The molecule has 0 fully saturated rings. The van der Waals surface area contributed by atoms with Crippen molar-refractivity contribution in [3.05, 3.63) is 40.6 Å². The van der Waals surface area contributed by atoms with Crippen LogP contribution in [0.15, 0.2) is 40.0 Å². The lowest BCUT2D eigenvalue weighted by atomic mass is 10.2. The number of anilines is 1. The van der Waals surface area contributed by atoms with E-state index in [1.807, 2.05) is 18.2 Å². The van der Waals surface area contributed by atoms with Crippen molar-refractivity contribution < 1.29 is 9.47 Å². The first-order valence-electron chi connectivity index (χ1n) is 6.47. The van der Waals surface area contributed by atoms with Crippen LogP contribution in [-0.2, 0) is 6.54 Å². The molecule has 2 N–H and O–H groups in total. The van der Waals surface area contributed by atoms with Crippen molar-refractivity contribution in [1.29, 1.82) is 0 Å². The lowest BCUT2D eigenvalue weighted by Crippen LogP contribution is -2.30. The maximum atomic E-state index is 5.29. The molecule has 0 saturated heterocycles. The number of nitrogens with one attached hydrogen (secondary N) is 2. The molecule has 0 bridgehead atoms. The molecular weight excluding hydrogens is 413 g/mol. The maximum Gasteiger partial charge on any atom is 0.195 e. The van der Waals surface area contributed by atoms with Gasteiger partial charge in [-0.15, -0.1) is 24.0 Å². The van der Waals surface area contributed by atoms with Gasteiger partial charge in [0.2, 0.25) is 0 Å². The number of hydrogen-bond acceptors (Lipinski definition) is 4. The van der Waals surface area contributed by atoms with Gasteiger partial charge in [0, 0.05) is 25.3 Å². The first-order chi connectivity index (χ1) is 10.3. The molecule has 0 unspecified atom stereocenters. The number of thiophene rings is 1. The van der Waals surface area contributed by atoms with Gasteiger partial charge in [-0.05, 0) is 34.5 Å². The van der Waals surface area contributed by atoms with E-state index in [2.05, 4.69) is 32.5 Å². The standard InChI is InChI=1S/C15H19N3O2S.HI/c1-16-15(17-9-11-6-7-21-10-11)18-12-4-5-13(19-2)14(8-12)20-3;/h4-8,10H,9H2,1-3H3,(H2,16,17,18);1H. The summed E-state index contributed by atoms with van der Waals surface area (Å²) in [5.41, 5.74) is 2.11. The van der Waals surface area contributed by atoms with Crippen LogP contribution < -0.4 is 20.1 Å². The van der Waals surface area contributed by atoms with E-state index >= 15 is 0 Å². The Labute approximate surface area is 151 Å². The van der Waals surface area contributed by atoms with Crippen LogP contribution in [0.5, 0.6) is 11.5 Å². The summed E-state index contributed by atoms with van der Waals surface area (Å²) in [5.74, 6) is 2.08. The van der Waals surface area contributed by atoms with Crippen molar-refractivity contribution in [3.63, 3.8) is 0 Å². The molecule has 120 valence electrons. The fourth-order valence-corrected chi connectivity index (χ4v) is 2.48. The molecule has 0 radical (unpaired) electrons. The van der Waals surface area contributed by atoms with Crippen molar-refractivity contribution in [2.75, 3.05) is 26.6 Å². The monoisotopic (exact) mass is 433 g/mol. The van der Waals surface area contributed by atoms with Crippen LogP contribution in [0.2, 0.25) is 0 Å². The molecule has 0 aliphatic heterocycles. The molecule has 1 aromatic heterocycles. The van der Waals surface area contributed by atoms with E-state index in [-0.39, 0.29) is 24.0 Å². The molecule has 1 aromatic carbocycles. The third-order valence-corrected chi connectivity index (χ3v) is 3.64. The van der Waals surface area contributed by atoms with E-state index in [1.54, 1.807) is 32.6 Å². The quantitative estimate of drug-likeness (QED) is 0.430. The predicted molar refractivity (Wildman–Crippen MR) is 103 cm³/mol. The summed E-state index contributed by atoms with van der Waals surface area (Å²) in [7, 11) is 4.97. The smallest absolute Gasteiger partial charge is 0.195 e. The summed E-state index contributed by atoms with van der Waals surface area (Å²) in [6, 6.07) is 7.73. The summed E-state index contributed by atoms with van der Waals surface area (Å²) < 4.78 is 10.5. The fourth-order valence-electron chi connectivity index (χ4n) is 1.81. The van der Waals surface area contributed by atoms with Crippen LogP contribution in [-0.4, -0.2) is 27.2 Å². The Kier molecular flexibility index (Phi) is 8.03. The third kappa shape index (κ3) is 5.06. The van der Waals surface area contributed by atoms with Gasteiger partial charge in [0.1, 0.15) is 0 Å². The number of benzene rings is 1. The first kappa shape index (κ1) is 18.6. The Morgan fingerprint density at radius 1 is 1.18 bits per heavy atom. The van der Waals surface area contributed by atoms with Crippen molar-refractivity contribution in [2.24, 2.45) is 4.99 Å². The van der Waals surface area contributed by atoms with E-state index in [4.69, 9.17) is 9.47 Å². The van der Waals surface area contributed by atoms with Gasteiger partial charge in [-0.3, -0.25) is 4.99 Å². The van der Waals surface area contributed by atoms with E-state index in [9.17, 15) is 0 Å². The molecule has 0 atom stereocenters. The lowest BCUT2D eigenvalue weighted by molar-refractivity contribution is 0.355. The lowest BCUT2D eigenvalue weighted by Gasteiger charge is -2.13. The highest BCUT2D eigenvalue weighted by Gasteiger charge is 2.06. The SMILES string of the molecule is CN=C(NCc1ccsc1)Nc1ccc(OC)c(OC)c1.I. The Hall–Kier alpha value is -1.48. The normalized spacial score (nSPS) is 10.6. The highest BCUT2D eigenvalue weighted by Crippen LogP contribution is 2.29. The second-order valence-electron chi connectivity index (χ2n) is 4.25. The summed E-state index contributed by atoms with van der Waals surface area (Å²) in [5, 5.41) is 10.6. The van der Waals surface area contributed by atoms with Crippen molar-refractivity contribution in [2.45, 2.75) is 6.54 Å². The molecule has 1 heterocycles. The zero-order chi connectivity index (χ0) is 15.1. The molecule has 0 spiro atoms. The van der Waals surface area contributed by atoms with Crippen molar-refractivity contribution in [3.8, 4) is 11.5 Å². The number of rotatable bonds is 5. The fraction of sp³-hybridized carbons (Fsp3) is 0.267. The van der Waals surface area contributed by atoms with Gasteiger partial charge in [-0.25, -0.2) is 0 Å². The minimum absolute atomic E-state index is 0. The Morgan fingerprint density at radius 2 is 1.95 bits per heavy atom. The minimum Gasteiger partial charge on any atom is -0.493 e. The number of ether oxygens (including phenoxy) is 2. The molecular formula is C15H20IN3O2S. The topological polar surface area (TPSA) is 54.9 Å². The highest BCUT2D eigenvalue weighted by molar-refractivity contribution is 14.0. The van der Waals surface area contributed by atoms with Gasteiger partial charge in [0.05, 0.1) is 14.2 Å². The number of halogens is 1. The number of aliphatic imine (C=N–C) groups is 1. The van der Waals surface area contributed by atoms with Crippen LogP contribution in [0.25, 0.3) is 0 Å². The average Bonchev–Trinajstić information content (AvgIpc) is 3.04. The molecule has 2 rings (SSSR count). The second-order valence-corrected chi connectivity index (χ2v) is 5.03. The molecule has 7 heteroatoms. The van der Waals surface area contributed by atoms with Crippen LogP contribution >= 0.6 is 35.3 Å². The number of hydrogen-bond donors (Lipinski definition) is 2. The van der Waals surface area contributed by atoms with E-state index in [1.165, 1.54) is 5.56 Å². The van der Waals surface area contributed by atoms with Crippen LogP contribution in [0.4, 0.5) is 5.69 Å². The van der Waals surface area contributed by atoms with Crippen LogP contribution in [0.3, 0.4) is 0 Å².